The van der Waals surface area contributed by atoms with E-state index in [4.69, 9.17) is 4.74 Å². The Bertz CT molecular complexity index is 183. The van der Waals surface area contributed by atoms with Crippen LogP contribution in [0.2, 0.25) is 0 Å². The number of nitrogens with one attached hydrogen (secondary N) is 1. The van der Waals surface area contributed by atoms with Gasteiger partial charge in [-0.3, -0.25) is 0 Å². The van der Waals surface area contributed by atoms with E-state index in [1.54, 1.807) is 0 Å². The number of ether oxygens (including phenoxy) is 1. The quantitative estimate of drug-likeness (QED) is 0.516. The molecule has 2 aliphatic carbocycles. The summed E-state index contributed by atoms with van der Waals surface area (Å²) in [7, 11) is 0. The van der Waals surface area contributed by atoms with Crippen molar-refractivity contribution in [3.05, 3.63) is 0 Å². The average molecular weight is 239 g/mol. The van der Waals surface area contributed by atoms with Gasteiger partial charge in [-0.25, -0.2) is 0 Å². The van der Waals surface area contributed by atoms with Crippen LogP contribution in [0.1, 0.15) is 70.6 Å². The molecular formula is C15H29NO. The van der Waals surface area contributed by atoms with E-state index in [9.17, 15) is 0 Å². The molecular weight excluding hydrogens is 210 g/mol. The number of unbranched alkanes of at least 4 members (excludes halogenated alkanes) is 2. The van der Waals surface area contributed by atoms with Gasteiger partial charge >= 0.3 is 0 Å². The molecule has 0 spiro atoms. The summed E-state index contributed by atoms with van der Waals surface area (Å²) in [5.41, 5.74) is 0. The minimum Gasteiger partial charge on any atom is -0.378 e. The van der Waals surface area contributed by atoms with Crippen molar-refractivity contribution in [1.29, 1.82) is 0 Å². The Labute approximate surface area is 107 Å². The van der Waals surface area contributed by atoms with Gasteiger partial charge in [0.05, 0.1) is 6.10 Å². The van der Waals surface area contributed by atoms with Crippen molar-refractivity contribution in [2.75, 3.05) is 13.2 Å². The molecule has 0 heterocycles. The van der Waals surface area contributed by atoms with E-state index in [-0.39, 0.29) is 0 Å². The highest BCUT2D eigenvalue weighted by Crippen LogP contribution is 2.20. The smallest absolute Gasteiger partial charge is 0.0575 e. The molecule has 0 radical (unpaired) electrons. The monoisotopic (exact) mass is 239 g/mol. The number of rotatable bonds is 8. The van der Waals surface area contributed by atoms with Crippen LogP contribution in [0.4, 0.5) is 0 Å². The van der Waals surface area contributed by atoms with E-state index >= 15 is 0 Å². The van der Waals surface area contributed by atoms with E-state index in [0.717, 1.165) is 12.6 Å². The molecule has 2 nitrogen and oxygen atoms in total. The van der Waals surface area contributed by atoms with Gasteiger partial charge < -0.3 is 10.1 Å². The Morgan fingerprint density at radius 3 is 2.29 bits per heavy atom. The van der Waals surface area contributed by atoms with Crippen LogP contribution in [0.5, 0.6) is 0 Å². The molecule has 1 N–H and O–H groups in total. The summed E-state index contributed by atoms with van der Waals surface area (Å²) in [6, 6.07) is 0.872. The maximum Gasteiger partial charge on any atom is 0.0575 e. The maximum atomic E-state index is 5.98. The molecule has 0 aromatic rings. The molecule has 2 rings (SSSR count). The molecule has 0 atom stereocenters. The maximum absolute atomic E-state index is 5.98. The molecule has 0 aromatic carbocycles. The standard InChI is InChI=1S/C15H29NO/c1-2-5-9-15(8-4-1)17-13-7-3-6-12-16-14-10-11-14/h14-16H,1-13H2. The fourth-order valence-electron chi connectivity index (χ4n) is 2.66. The Hall–Kier alpha value is -0.0800. The third-order valence-electron chi connectivity index (χ3n) is 3.99. The van der Waals surface area contributed by atoms with Crippen molar-refractivity contribution < 1.29 is 4.74 Å². The molecule has 100 valence electrons. The normalized spacial score (nSPS) is 22.6. The predicted molar refractivity (Wildman–Crippen MR) is 72.3 cm³/mol. The molecule has 0 aliphatic heterocycles. The van der Waals surface area contributed by atoms with Crippen molar-refractivity contribution in [2.45, 2.75) is 82.8 Å². The van der Waals surface area contributed by atoms with Crippen LogP contribution >= 0.6 is 0 Å². The molecule has 0 saturated heterocycles. The Morgan fingerprint density at radius 2 is 1.59 bits per heavy atom. The number of hydrogen-bond acceptors (Lipinski definition) is 2. The Balaban J connectivity index is 1.36. The van der Waals surface area contributed by atoms with Crippen LogP contribution in [-0.4, -0.2) is 25.3 Å². The predicted octanol–water partition coefficient (Wildman–Crippen LogP) is 3.65. The third kappa shape index (κ3) is 6.42. The zero-order valence-corrected chi connectivity index (χ0v) is 11.3. The van der Waals surface area contributed by atoms with Gasteiger partial charge in [0, 0.05) is 12.6 Å². The first-order valence-corrected chi connectivity index (χ1v) is 7.80. The highest BCUT2D eigenvalue weighted by Gasteiger charge is 2.19. The number of hydrogen-bond donors (Lipinski definition) is 1. The zero-order chi connectivity index (χ0) is 11.8. The van der Waals surface area contributed by atoms with Crippen molar-refractivity contribution in [3.8, 4) is 0 Å². The van der Waals surface area contributed by atoms with E-state index < -0.39 is 0 Å². The second-order valence-electron chi connectivity index (χ2n) is 5.77. The lowest BCUT2D eigenvalue weighted by atomic mass is 10.1. The summed E-state index contributed by atoms with van der Waals surface area (Å²) in [4.78, 5) is 0. The lowest BCUT2D eigenvalue weighted by molar-refractivity contribution is 0.0408. The van der Waals surface area contributed by atoms with Gasteiger partial charge in [-0.15, -0.1) is 0 Å². The summed E-state index contributed by atoms with van der Waals surface area (Å²) in [6.45, 7) is 2.21. The van der Waals surface area contributed by atoms with Crippen LogP contribution in [0.3, 0.4) is 0 Å². The molecule has 0 amide bonds. The van der Waals surface area contributed by atoms with Crippen molar-refractivity contribution >= 4 is 0 Å². The van der Waals surface area contributed by atoms with Gasteiger partial charge in [0.2, 0.25) is 0 Å². The van der Waals surface area contributed by atoms with Gasteiger partial charge in [0.25, 0.3) is 0 Å². The van der Waals surface area contributed by atoms with Crippen molar-refractivity contribution in [2.24, 2.45) is 0 Å². The van der Waals surface area contributed by atoms with Crippen LogP contribution in [0, 0.1) is 0 Å². The lowest BCUT2D eigenvalue weighted by Crippen LogP contribution is -2.17. The molecule has 0 unspecified atom stereocenters. The van der Waals surface area contributed by atoms with E-state index in [0.29, 0.717) is 6.10 Å². The highest BCUT2D eigenvalue weighted by molar-refractivity contribution is 4.80. The second kappa shape index (κ2) is 8.10. The van der Waals surface area contributed by atoms with Gasteiger partial charge in [0.1, 0.15) is 0 Å². The van der Waals surface area contributed by atoms with E-state index in [1.807, 2.05) is 0 Å². The van der Waals surface area contributed by atoms with Crippen LogP contribution in [-0.2, 0) is 4.74 Å². The average Bonchev–Trinajstić information content (AvgIpc) is 3.15. The molecule has 2 aliphatic rings. The van der Waals surface area contributed by atoms with Crippen LogP contribution in [0.25, 0.3) is 0 Å². The summed E-state index contributed by atoms with van der Waals surface area (Å²) in [5.74, 6) is 0. The highest BCUT2D eigenvalue weighted by atomic mass is 16.5. The molecule has 2 fully saturated rings. The van der Waals surface area contributed by atoms with Gasteiger partial charge in [-0.2, -0.15) is 0 Å². The van der Waals surface area contributed by atoms with Crippen LogP contribution in [0.15, 0.2) is 0 Å². The minimum atomic E-state index is 0.585. The first-order valence-electron chi connectivity index (χ1n) is 7.80. The van der Waals surface area contributed by atoms with E-state index in [1.165, 1.54) is 77.2 Å². The lowest BCUT2D eigenvalue weighted by Gasteiger charge is -2.15. The van der Waals surface area contributed by atoms with Gasteiger partial charge in [0.15, 0.2) is 0 Å². The zero-order valence-electron chi connectivity index (χ0n) is 11.3. The SMILES string of the molecule is C(CCNC1CC1)CCOC1CCCCCC1. The second-order valence-corrected chi connectivity index (χ2v) is 5.77. The first kappa shape index (κ1) is 13.4. The largest absolute Gasteiger partial charge is 0.378 e. The molecule has 0 bridgehead atoms. The first-order chi connectivity index (χ1) is 8.45. The third-order valence-corrected chi connectivity index (χ3v) is 3.99. The summed E-state index contributed by atoms with van der Waals surface area (Å²) < 4.78 is 5.98. The molecule has 17 heavy (non-hydrogen) atoms. The fraction of sp³-hybridized carbons (Fsp3) is 1.00. The van der Waals surface area contributed by atoms with Crippen LogP contribution < -0.4 is 5.32 Å². The summed E-state index contributed by atoms with van der Waals surface area (Å²) >= 11 is 0. The fourth-order valence-corrected chi connectivity index (χ4v) is 2.66. The topological polar surface area (TPSA) is 21.3 Å². The summed E-state index contributed by atoms with van der Waals surface area (Å²) in [6.07, 6.45) is 15.5. The van der Waals surface area contributed by atoms with Crippen molar-refractivity contribution in [3.63, 3.8) is 0 Å². The van der Waals surface area contributed by atoms with Crippen molar-refractivity contribution in [1.82, 2.24) is 5.32 Å². The van der Waals surface area contributed by atoms with E-state index in [2.05, 4.69) is 5.32 Å². The molecule has 2 heteroatoms. The Morgan fingerprint density at radius 1 is 0.824 bits per heavy atom. The Kier molecular flexibility index (Phi) is 6.36. The van der Waals surface area contributed by atoms with Gasteiger partial charge in [-0.1, -0.05) is 25.7 Å². The minimum absolute atomic E-state index is 0.585. The molecule has 0 aromatic heterocycles. The van der Waals surface area contributed by atoms with Gasteiger partial charge in [-0.05, 0) is 51.5 Å². The summed E-state index contributed by atoms with van der Waals surface area (Å²) in [5, 5.41) is 3.56. The molecule has 2 saturated carbocycles.